The van der Waals surface area contributed by atoms with Crippen molar-refractivity contribution in [2.24, 2.45) is 0 Å². The first-order chi connectivity index (χ1) is 8.56. The Bertz CT molecular complexity index is 407. The number of benzene rings is 1. The summed E-state index contributed by atoms with van der Waals surface area (Å²) in [5.41, 5.74) is 1.93. The third-order valence-electron chi connectivity index (χ3n) is 2.81. The first-order valence-corrected chi connectivity index (χ1v) is 6.19. The fourth-order valence-corrected chi connectivity index (χ4v) is 1.72. The summed E-state index contributed by atoms with van der Waals surface area (Å²) in [6, 6.07) is 4.71. The highest BCUT2D eigenvalue weighted by atomic mass is 19.1. The lowest BCUT2D eigenvalue weighted by Gasteiger charge is -2.20. The molecule has 0 unspecified atom stereocenters. The average Bonchev–Trinajstić information content (AvgIpc) is 2.33. The minimum Gasteiger partial charge on any atom is -0.465 e. The predicted molar refractivity (Wildman–Crippen MR) is 68.7 cm³/mol. The van der Waals surface area contributed by atoms with Crippen molar-refractivity contribution in [1.29, 1.82) is 0 Å². The molecule has 1 aromatic carbocycles. The molecule has 18 heavy (non-hydrogen) atoms. The monoisotopic (exact) mass is 253 g/mol. The number of carbonyl (C=O) groups is 1. The van der Waals surface area contributed by atoms with Crippen molar-refractivity contribution in [1.82, 2.24) is 4.90 Å². The molecule has 3 nitrogen and oxygen atoms in total. The number of aryl methyl sites for hydroxylation is 1. The van der Waals surface area contributed by atoms with Gasteiger partial charge in [-0.1, -0.05) is 13.0 Å². The SMILES string of the molecule is CCOC(=O)CN(CC)Cc1cc(F)ccc1C. The summed E-state index contributed by atoms with van der Waals surface area (Å²) in [7, 11) is 0. The summed E-state index contributed by atoms with van der Waals surface area (Å²) in [5, 5.41) is 0. The van der Waals surface area contributed by atoms with Crippen LogP contribution in [0.4, 0.5) is 4.39 Å². The van der Waals surface area contributed by atoms with Gasteiger partial charge in [-0.3, -0.25) is 9.69 Å². The van der Waals surface area contributed by atoms with E-state index in [1.165, 1.54) is 12.1 Å². The van der Waals surface area contributed by atoms with E-state index in [1.807, 2.05) is 18.7 Å². The second kappa shape index (κ2) is 7.11. The van der Waals surface area contributed by atoms with Gasteiger partial charge in [-0.05, 0) is 43.7 Å². The molecular formula is C14H20FNO2. The van der Waals surface area contributed by atoms with Crippen molar-refractivity contribution in [3.8, 4) is 0 Å². The Labute approximate surface area is 108 Å². The number of esters is 1. The number of hydrogen-bond donors (Lipinski definition) is 0. The van der Waals surface area contributed by atoms with Gasteiger partial charge < -0.3 is 4.74 Å². The van der Waals surface area contributed by atoms with E-state index in [-0.39, 0.29) is 18.3 Å². The predicted octanol–water partition coefficient (Wildman–Crippen LogP) is 2.52. The van der Waals surface area contributed by atoms with Crippen molar-refractivity contribution in [3.05, 3.63) is 35.1 Å². The Kier molecular flexibility index (Phi) is 5.78. The zero-order valence-electron chi connectivity index (χ0n) is 11.2. The summed E-state index contributed by atoms with van der Waals surface area (Å²) in [6.45, 7) is 7.58. The van der Waals surface area contributed by atoms with E-state index in [4.69, 9.17) is 4.74 Å². The Balaban J connectivity index is 2.67. The van der Waals surface area contributed by atoms with Crippen molar-refractivity contribution in [3.63, 3.8) is 0 Å². The molecule has 1 aromatic rings. The summed E-state index contributed by atoms with van der Waals surface area (Å²) in [5.74, 6) is -0.490. The van der Waals surface area contributed by atoms with E-state index in [9.17, 15) is 9.18 Å². The third kappa shape index (κ3) is 4.45. The molecule has 0 spiro atoms. The summed E-state index contributed by atoms with van der Waals surface area (Å²) in [4.78, 5) is 13.3. The molecule has 100 valence electrons. The van der Waals surface area contributed by atoms with Crippen LogP contribution in [0.5, 0.6) is 0 Å². The van der Waals surface area contributed by atoms with Crippen LogP contribution in [0.15, 0.2) is 18.2 Å². The van der Waals surface area contributed by atoms with Crippen LogP contribution >= 0.6 is 0 Å². The van der Waals surface area contributed by atoms with Crippen LogP contribution in [0.3, 0.4) is 0 Å². The highest BCUT2D eigenvalue weighted by Crippen LogP contribution is 2.12. The van der Waals surface area contributed by atoms with Crippen LogP contribution in [0.1, 0.15) is 25.0 Å². The van der Waals surface area contributed by atoms with Crippen molar-refractivity contribution in [2.75, 3.05) is 19.7 Å². The molecule has 4 heteroatoms. The maximum absolute atomic E-state index is 13.2. The molecule has 0 fully saturated rings. The van der Waals surface area contributed by atoms with E-state index < -0.39 is 0 Å². The van der Waals surface area contributed by atoms with Crippen LogP contribution in [0, 0.1) is 12.7 Å². The van der Waals surface area contributed by atoms with Gasteiger partial charge in [-0.25, -0.2) is 4.39 Å². The maximum Gasteiger partial charge on any atom is 0.320 e. The quantitative estimate of drug-likeness (QED) is 0.730. The Morgan fingerprint density at radius 1 is 1.39 bits per heavy atom. The van der Waals surface area contributed by atoms with Gasteiger partial charge in [0.1, 0.15) is 5.82 Å². The molecular weight excluding hydrogens is 233 g/mol. The molecule has 0 bridgehead atoms. The topological polar surface area (TPSA) is 29.5 Å². The number of carbonyl (C=O) groups excluding carboxylic acids is 1. The van der Waals surface area contributed by atoms with Crippen LogP contribution < -0.4 is 0 Å². The third-order valence-corrected chi connectivity index (χ3v) is 2.81. The highest BCUT2D eigenvalue weighted by Gasteiger charge is 2.11. The van der Waals surface area contributed by atoms with E-state index in [0.29, 0.717) is 13.2 Å². The minimum atomic E-state index is -0.247. The van der Waals surface area contributed by atoms with Gasteiger partial charge in [0.2, 0.25) is 0 Å². The Morgan fingerprint density at radius 3 is 2.72 bits per heavy atom. The Hall–Kier alpha value is -1.42. The number of rotatable bonds is 6. The molecule has 0 aliphatic heterocycles. The van der Waals surface area contributed by atoms with Gasteiger partial charge in [-0.15, -0.1) is 0 Å². The molecule has 0 saturated heterocycles. The molecule has 0 amide bonds. The number of hydrogen-bond acceptors (Lipinski definition) is 3. The molecule has 1 rings (SSSR count). The summed E-state index contributed by atoms with van der Waals surface area (Å²) >= 11 is 0. The average molecular weight is 253 g/mol. The molecule has 0 atom stereocenters. The first kappa shape index (κ1) is 14.6. The maximum atomic E-state index is 13.2. The van der Waals surface area contributed by atoms with Gasteiger partial charge in [0.05, 0.1) is 13.2 Å². The standard InChI is InChI=1S/C14H20FNO2/c1-4-16(10-14(17)18-5-2)9-12-8-13(15)7-6-11(12)3/h6-8H,4-5,9-10H2,1-3H3. The fraction of sp³-hybridized carbons (Fsp3) is 0.500. The van der Waals surface area contributed by atoms with Gasteiger partial charge in [0, 0.05) is 6.54 Å². The minimum absolute atomic E-state index is 0.236. The number of ether oxygens (including phenoxy) is 1. The fourth-order valence-electron chi connectivity index (χ4n) is 1.72. The number of nitrogens with zero attached hydrogens (tertiary/aromatic N) is 1. The van der Waals surface area contributed by atoms with Crippen molar-refractivity contribution >= 4 is 5.97 Å². The molecule has 0 aromatic heterocycles. The van der Waals surface area contributed by atoms with E-state index in [1.54, 1.807) is 13.0 Å². The van der Waals surface area contributed by atoms with E-state index in [0.717, 1.165) is 17.7 Å². The smallest absolute Gasteiger partial charge is 0.320 e. The molecule has 0 aliphatic rings. The van der Waals surface area contributed by atoms with Gasteiger partial charge in [-0.2, -0.15) is 0 Å². The lowest BCUT2D eigenvalue weighted by atomic mass is 10.1. The van der Waals surface area contributed by atoms with E-state index in [2.05, 4.69) is 0 Å². The van der Waals surface area contributed by atoms with Crippen molar-refractivity contribution in [2.45, 2.75) is 27.3 Å². The normalized spacial score (nSPS) is 10.7. The Morgan fingerprint density at radius 2 is 2.11 bits per heavy atom. The number of likely N-dealkylation sites (N-methyl/N-ethyl adjacent to an activating group) is 1. The molecule has 0 N–H and O–H groups in total. The van der Waals surface area contributed by atoms with E-state index >= 15 is 0 Å². The van der Waals surface area contributed by atoms with Gasteiger partial charge in [0.15, 0.2) is 0 Å². The lowest BCUT2D eigenvalue weighted by Crippen LogP contribution is -2.30. The van der Waals surface area contributed by atoms with Gasteiger partial charge >= 0.3 is 5.97 Å². The second-order valence-corrected chi connectivity index (χ2v) is 4.18. The number of halogens is 1. The molecule has 0 saturated carbocycles. The zero-order chi connectivity index (χ0) is 13.5. The van der Waals surface area contributed by atoms with Crippen molar-refractivity contribution < 1.29 is 13.9 Å². The molecule has 0 aliphatic carbocycles. The second-order valence-electron chi connectivity index (χ2n) is 4.18. The van der Waals surface area contributed by atoms with Crippen LogP contribution in [0.2, 0.25) is 0 Å². The highest BCUT2D eigenvalue weighted by molar-refractivity contribution is 5.71. The van der Waals surface area contributed by atoms with Crippen LogP contribution in [0.25, 0.3) is 0 Å². The van der Waals surface area contributed by atoms with Gasteiger partial charge in [0.25, 0.3) is 0 Å². The lowest BCUT2D eigenvalue weighted by molar-refractivity contribution is -0.144. The van der Waals surface area contributed by atoms with Crippen LogP contribution in [-0.4, -0.2) is 30.6 Å². The molecule has 0 radical (unpaired) electrons. The summed E-state index contributed by atoms with van der Waals surface area (Å²) < 4.78 is 18.1. The summed E-state index contributed by atoms with van der Waals surface area (Å²) in [6.07, 6.45) is 0. The first-order valence-electron chi connectivity index (χ1n) is 6.19. The zero-order valence-corrected chi connectivity index (χ0v) is 11.2. The molecule has 0 heterocycles. The largest absolute Gasteiger partial charge is 0.465 e. The van der Waals surface area contributed by atoms with Crippen LogP contribution in [-0.2, 0) is 16.1 Å².